The number of nitrogens with zero attached hydrogens (tertiary/aromatic N) is 4. The highest BCUT2D eigenvalue weighted by molar-refractivity contribution is 7.09. The molecule has 204 valence electrons. The number of rotatable bonds is 8. The van der Waals surface area contributed by atoms with Gasteiger partial charge < -0.3 is 19.1 Å². The van der Waals surface area contributed by atoms with Crippen LogP contribution in [0.5, 0.6) is 5.75 Å². The molecule has 2 aliphatic carbocycles. The van der Waals surface area contributed by atoms with E-state index in [9.17, 15) is 14.9 Å². The van der Waals surface area contributed by atoms with Crippen molar-refractivity contribution >= 4 is 23.6 Å². The Labute approximate surface area is 228 Å². The monoisotopic (exact) mass is 540 g/mol. The van der Waals surface area contributed by atoms with Gasteiger partial charge >= 0.3 is 12.1 Å². The standard InChI is InChI=1S/C28H36N4O5S/c1-17(2)36-27(33)19-8-7-11-21(14-19)37-25-13-12-23(30-24(25)15-29)26-22(18(3)31-38-26)16-35-28(34)32(4)20-9-5-6-10-20/h12-13,17,19-21H,5-11,14,16H2,1-4H3/t19-,21-/m0/s1. The minimum absolute atomic E-state index is 0.0886. The van der Waals surface area contributed by atoms with Crippen LogP contribution in [-0.2, 0) is 20.9 Å². The number of esters is 1. The Morgan fingerprint density at radius 1 is 1.18 bits per heavy atom. The van der Waals surface area contributed by atoms with Crippen molar-refractivity contribution in [3.63, 3.8) is 0 Å². The summed E-state index contributed by atoms with van der Waals surface area (Å²) < 4.78 is 21.6. The van der Waals surface area contributed by atoms with E-state index >= 15 is 0 Å². The van der Waals surface area contributed by atoms with Crippen LogP contribution in [0.4, 0.5) is 4.79 Å². The van der Waals surface area contributed by atoms with E-state index in [1.54, 1.807) is 24.1 Å². The Kier molecular flexibility index (Phi) is 9.21. The van der Waals surface area contributed by atoms with Gasteiger partial charge in [0.2, 0.25) is 0 Å². The van der Waals surface area contributed by atoms with Gasteiger partial charge in [-0.1, -0.05) is 12.8 Å². The molecular formula is C28H36N4O5S. The van der Waals surface area contributed by atoms with Crippen LogP contribution < -0.4 is 4.74 Å². The van der Waals surface area contributed by atoms with Crippen LogP contribution in [-0.4, -0.2) is 51.6 Å². The minimum atomic E-state index is -0.342. The highest BCUT2D eigenvalue weighted by atomic mass is 32.1. The predicted octanol–water partition coefficient (Wildman–Crippen LogP) is 5.79. The number of ether oxygens (including phenoxy) is 3. The number of pyridine rings is 1. The summed E-state index contributed by atoms with van der Waals surface area (Å²) in [5.74, 6) is 0.00381. The average Bonchev–Trinajstić information content (AvgIpc) is 3.57. The number of carbonyl (C=O) groups excluding carboxylic acids is 2. The molecule has 2 aromatic rings. The molecule has 2 saturated carbocycles. The van der Waals surface area contributed by atoms with Gasteiger partial charge in [0.25, 0.3) is 0 Å². The van der Waals surface area contributed by atoms with Crippen LogP contribution >= 0.6 is 11.5 Å². The Balaban J connectivity index is 1.44. The van der Waals surface area contributed by atoms with Crippen molar-refractivity contribution in [2.24, 2.45) is 5.92 Å². The summed E-state index contributed by atoms with van der Waals surface area (Å²) in [7, 11) is 1.79. The number of aryl methyl sites for hydroxylation is 1. The third-order valence-corrected chi connectivity index (χ3v) is 8.29. The maximum absolute atomic E-state index is 12.6. The van der Waals surface area contributed by atoms with Crippen LogP contribution in [0, 0.1) is 24.2 Å². The molecule has 9 nitrogen and oxygen atoms in total. The number of aromatic nitrogens is 2. The van der Waals surface area contributed by atoms with E-state index in [0.29, 0.717) is 17.9 Å². The third-order valence-electron chi connectivity index (χ3n) is 7.29. The molecule has 2 heterocycles. The Bertz CT molecular complexity index is 1180. The molecule has 0 saturated heterocycles. The molecule has 0 bridgehead atoms. The van der Waals surface area contributed by atoms with E-state index in [1.807, 2.05) is 20.8 Å². The third kappa shape index (κ3) is 6.62. The molecule has 38 heavy (non-hydrogen) atoms. The van der Waals surface area contributed by atoms with E-state index < -0.39 is 0 Å². The van der Waals surface area contributed by atoms with Crippen molar-refractivity contribution in [3.8, 4) is 22.4 Å². The normalized spacial score (nSPS) is 19.7. The number of hydrogen-bond donors (Lipinski definition) is 0. The fourth-order valence-electron chi connectivity index (χ4n) is 5.16. The Hall–Kier alpha value is -3.19. The van der Waals surface area contributed by atoms with Crippen LogP contribution in [0.15, 0.2) is 12.1 Å². The van der Waals surface area contributed by atoms with Crippen LogP contribution in [0.25, 0.3) is 10.6 Å². The first-order chi connectivity index (χ1) is 18.3. The molecule has 2 fully saturated rings. The van der Waals surface area contributed by atoms with Gasteiger partial charge in [0.1, 0.15) is 12.7 Å². The zero-order valence-electron chi connectivity index (χ0n) is 22.6. The lowest BCUT2D eigenvalue weighted by atomic mass is 9.87. The molecule has 0 spiro atoms. The summed E-state index contributed by atoms with van der Waals surface area (Å²) in [6.45, 7) is 5.65. The smallest absolute Gasteiger partial charge is 0.410 e. The quantitative estimate of drug-likeness (QED) is 0.387. The van der Waals surface area contributed by atoms with Crippen molar-refractivity contribution in [2.75, 3.05) is 7.05 Å². The van der Waals surface area contributed by atoms with E-state index in [0.717, 1.165) is 61.1 Å². The number of carbonyl (C=O) groups is 2. The van der Waals surface area contributed by atoms with E-state index in [2.05, 4.69) is 15.4 Å². The summed E-state index contributed by atoms with van der Waals surface area (Å²) in [6, 6.07) is 5.92. The van der Waals surface area contributed by atoms with Gasteiger partial charge in [-0.25, -0.2) is 9.78 Å². The van der Waals surface area contributed by atoms with Gasteiger partial charge in [-0.2, -0.15) is 9.64 Å². The first-order valence-corrected chi connectivity index (χ1v) is 14.2. The van der Waals surface area contributed by atoms with Crippen molar-refractivity contribution in [2.45, 2.75) is 97.0 Å². The predicted molar refractivity (Wildman–Crippen MR) is 143 cm³/mol. The average molecular weight is 541 g/mol. The molecule has 0 radical (unpaired) electrons. The lowest BCUT2D eigenvalue weighted by molar-refractivity contribution is -0.154. The van der Waals surface area contributed by atoms with Crippen molar-refractivity contribution in [3.05, 3.63) is 29.1 Å². The molecule has 2 aliphatic rings. The SMILES string of the molecule is Cc1nsc(-c2ccc(O[C@H]3CCC[C@H](C(=O)OC(C)C)C3)c(C#N)n2)c1COC(=O)N(C)C1CCCC1. The second-order valence-electron chi connectivity index (χ2n) is 10.4. The maximum Gasteiger partial charge on any atom is 0.410 e. The lowest BCUT2D eigenvalue weighted by Crippen LogP contribution is -2.35. The fraction of sp³-hybridized carbons (Fsp3) is 0.607. The van der Waals surface area contributed by atoms with Crippen molar-refractivity contribution in [1.82, 2.24) is 14.3 Å². The number of amides is 1. The number of nitriles is 1. The fourth-order valence-corrected chi connectivity index (χ4v) is 6.02. The van der Waals surface area contributed by atoms with E-state index in [4.69, 9.17) is 14.2 Å². The molecule has 0 N–H and O–H groups in total. The van der Waals surface area contributed by atoms with E-state index in [1.165, 1.54) is 11.5 Å². The van der Waals surface area contributed by atoms with Gasteiger partial charge in [0.15, 0.2) is 11.4 Å². The maximum atomic E-state index is 12.6. The largest absolute Gasteiger partial charge is 0.487 e. The van der Waals surface area contributed by atoms with Gasteiger partial charge in [-0.15, -0.1) is 0 Å². The second-order valence-corrected chi connectivity index (χ2v) is 11.2. The molecule has 0 unspecified atom stereocenters. The molecule has 0 aliphatic heterocycles. The summed E-state index contributed by atoms with van der Waals surface area (Å²) in [5, 5.41) is 9.82. The molecule has 0 aromatic carbocycles. The molecule has 2 aromatic heterocycles. The number of hydrogen-bond acceptors (Lipinski definition) is 9. The summed E-state index contributed by atoms with van der Waals surface area (Å²) in [4.78, 5) is 32.0. The molecule has 1 amide bonds. The zero-order valence-corrected chi connectivity index (χ0v) is 23.4. The first kappa shape index (κ1) is 27.8. The molecule has 2 atom stereocenters. The Morgan fingerprint density at radius 2 is 1.95 bits per heavy atom. The van der Waals surface area contributed by atoms with Crippen molar-refractivity contribution < 1.29 is 23.8 Å². The van der Waals surface area contributed by atoms with E-state index in [-0.39, 0.29) is 48.5 Å². The van der Waals surface area contributed by atoms with Gasteiger partial charge in [-0.3, -0.25) is 4.79 Å². The van der Waals surface area contributed by atoms with Gasteiger partial charge in [0, 0.05) is 18.7 Å². The van der Waals surface area contributed by atoms with Gasteiger partial charge in [-0.05, 0) is 83.0 Å². The summed E-state index contributed by atoms with van der Waals surface area (Å²) in [6.07, 6.45) is 6.60. The molecule has 10 heteroatoms. The molecule has 4 rings (SSSR count). The first-order valence-electron chi connectivity index (χ1n) is 13.4. The molecular weight excluding hydrogens is 504 g/mol. The second kappa shape index (κ2) is 12.6. The highest BCUT2D eigenvalue weighted by Gasteiger charge is 2.31. The topological polar surface area (TPSA) is 115 Å². The minimum Gasteiger partial charge on any atom is -0.487 e. The van der Waals surface area contributed by atoms with Crippen LogP contribution in [0.3, 0.4) is 0 Å². The van der Waals surface area contributed by atoms with Crippen molar-refractivity contribution in [1.29, 1.82) is 5.26 Å². The van der Waals surface area contributed by atoms with Gasteiger partial charge in [0.05, 0.1) is 34.4 Å². The lowest BCUT2D eigenvalue weighted by Gasteiger charge is -2.29. The zero-order chi connectivity index (χ0) is 27.2. The highest BCUT2D eigenvalue weighted by Crippen LogP contribution is 2.34. The summed E-state index contributed by atoms with van der Waals surface area (Å²) >= 11 is 1.26. The van der Waals surface area contributed by atoms with Crippen LogP contribution in [0.2, 0.25) is 0 Å². The summed E-state index contributed by atoms with van der Waals surface area (Å²) in [5.41, 5.74) is 2.30. The van der Waals surface area contributed by atoms with Crippen LogP contribution in [0.1, 0.15) is 82.2 Å². The Morgan fingerprint density at radius 3 is 2.66 bits per heavy atom.